The number of nitrogens with one attached hydrogen (secondary N) is 1. The molecule has 1 heterocycles. The molecule has 0 unspecified atom stereocenters. The number of aromatic amines is 1. The minimum Gasteiger partial charge on any atom is -0.311 e. The second kappa shape index (κ2) is 4.10. The fourth-order valence-corrected chi connectivity index (χ4v) is 1.66. The van der Waals surface area contributed by atoms with Crippen LogP contribution in [-0.2, 0) is 0 Å². The van der Waals surface area contributed by atoms with Crippen LogP contribution in [0.15, 0.2) is 29.1 Å². The van der Waals surface area contributed by atoms with Gasteiger partial charge >= 0.3 is 0 Å². The fourth-order valence-electron chi connectivity index (χ4n) is 1.53. The highest BCUT2D eigenvalue weighted by molar-refractivity contribution is 6.30. The summed E-state index contributed by atoms with van der Waals surface area (Å²) >= 11 is 5.81. The number of nitrogens with zero attached hydrogens (tertiary/aromatic N) is 1. The zero-order valence-electron chi connectivity index (χ0n) is 9.04. The molecule has 0 amide bonds. The van der Waals surface area contributed by atoms with Crippen LogP contribution in [0.25, 0.3) is 11.3 Å². The highest BCUT2D eigenvalue weighted by Crippen LogP contribution is 2.20. The van der Waals surface area contributed by atoms with E-state index < -0.39 is 0 Å². The van der Waals surface area contributed by atoms with Crippen molar-refractivity contribution in [3.8, 4) is 11.3 Å². The van der Waals surface area contributed by atoms with Crippen molar-refractivity contribution in [2.75, 3.05) is 0 Å². The molecule has 0 atom stereocenters. The number of aromatic nitrogens is 2. The predicted molar refractivity (Wildman–Crippen MR) is 64.8 cm³/mol. The van der Waals surface area contributed by atoms with E-state index in [9.17, 15) is 4.79 Å². The number of hydrogen-bond donors (Lipinski definition) is 1. The van der Waals surface area contributed by atoms with Gasteiger partial charge in [0.1, 0.15) is 5.82 Å². The van der Waals surface area contributed by atoms with Gasteiger partial charge in [0.05, 0.1) is 5.69 Å². The zero-order chi connectivity index (χ0) is 11.7. The summed E-state index contributed by atoms with van der Waals surface area (Å²) < 4.78 is 0. The number of benzene rings is 1. The molecule has 1 N–H and O–H groups in total. The number of rotatable bonds is 1. The second-order valence-electron chi connectivity index (χ2n) is 3.63. The quantitative estimate of drug-likeness (QED) is 0.825. The van der Waals surface area contributed by atoms with Crippen LogP contribution in [-0.4, -0.2) is 9.97 Å². The molecule has 0 saturated heterocycles. The minimum atomic E-state index is -0.0996. The normalized spacial score (nSPS) is 10.4. The average Bonchev–Trinajstić information content (AvgIpc) is 2.25. The Bertz CT molecular complexity index is 573. The SMILES string of the molecule is Cc1nc(-c2ccc(Cl)cc2)c(C)c(=O)[nH]1. The van der Waals surface area contributed by atoms with Crippen LogP contribution >= 0.6 is 11.6 Å². The van der Waals surface area contributed by atoms with E-state index in [1.54, 1.807) is 26.0 Å². The molecule has 82 valence electrons. The summed E-state index contributed by atoms with van der Waals surface area (Å²) in [5, 5.41) is 0.669. The van der Waals surface area contributed by atoms with E-state index in [1.807, 2.05) is 12.1 Å². The van der Waals surface area contributed by atoms with Gasteiger partial charge in [-0.15, -0.1) is 0 Å². The lowest BCUT2D eigenvalue weighted by Gasteiger charge is -2.05. The van der Waals surface area contributed by atoms with Gasteiger partial charge in [-0.05, 0) is 26.0 Å². The summed E-state index contributed by atoms with van der Waals surface area (Å²) in [5.41, 5.74) is 2.12. The Morgan fingerprint density at radius 3 is 2.44 bits per heavy atom. The summed E-state index contributed by atoms with van der Waals surface area (Å²) in [4.78, 5) is 18.6. The second-order valence-corrected chi connectivity index (χ2v) is 4.07. The fraction of sp³-hybridized carbons (Fsp3) is 0.167. The van der Waals surface area contributed by atoms with E-state index >= 15 is 0 Å². The summed E-state index contributed by atoms with van der Waals surface area (Å²) in [5.74, 6) is 0.612. The van der Waals surface area contributed by atoms with Crippen LogP contribution < -0.4 is 5.56 Å². The molecule has 1 aromatic carbocycles. The monoisotopic (exact) mass is 234 g/mol. The molecule has 0 fully saturated rings. The van der Waals surface area contributed by atoms with Crippen LogP contribution in [0.5, 0.6) is 0 Å². The molecule has 16 heavy (non-hydrogen) atoms. The predicted octanol–water partition coefficient (Wildman–Crippen LogP) is 2.71. The first-order valence-electron chi connectivity index (χ1n) is 4.91. The smallest absolute Gasteiger partial charge is 0.254 e. The highest BCUT2D eigenvalue weighted by atomic mass is 35.5. The topological polar surface area (TPSA) is 45.8 Å². The number of hydrogen-bond acceptors (Lipinski definition) is 2. The number of halogens is 1. The van der Waals surface area contributed by atoms with Gasteiger partial charge in [-0.3, -0.25) is 4.79 Å². The first-order chi connectivity index (χ1) is 7.58. The van der Waals surface area contributed by atoms with Gasteiger partial charge < -0.3 is 4.98 Å². The molecule has 0 spiro atoms. The van der Waals surface area contributed by atoms with Gasteiger partial charge in [-0.2, -0.15) is 0 Å². The lowest BCUT2D eigenvalue weighted by Crippen LogP contribution is -2.14. The Morgan fingerprint density at radius 1 is 1.19 bits per heavy atom. The zero-order valence-corrected chi connectivity index (χ0v) is 9.80. The molecule has 0 aliphatic rings. The van der Waals surface area contributed by atoms with Gasteiger partial charge in [-0.25, -0.2) is 4.98 Å². The van der Waals surface area contributed by atoms with Crippen molar-refractivity contribution in [3.63, 3.8) is 0 Å². The van der Waals surface area contributed by atoms with E-state index in [0.717, 1.165) is 5.56 Å². The van der Waals surface area contributed by atoms with Crippen molar-refractivity contribution in [1.29, 1.82) is 0 Å². The first kappa shape index (κ1) is 10.9. The van der Waals surface area contributed by atoms with Gasteiger partial charge in [0.2, 0.25) is 0 Å². The van der Waals surface area contributed by atoms with E-state index in [-0.39, 0.29) is 5.56 Å². The van der Waals surface area contributed by atoms with Crippen LogP contribution in [0.3, 0.4) is 0 Å². The third-order valence-electron chi connectivity index (χ3n) is 2.39. The van der Waals surface area contributed by atoms with Crippen molar-refractivity contribution in [2.45, 2.75) is 13.8 Å². The largest absolute Gasteiger partial charge is 0.311 e. The maximum Gasteiger partial charge on any atom is 0.254 e. The van der Waals surface area contributed by atoms with Gasteiger partial charge in [0, 0.05) is 16.1 Å². The van der Waals surface area contributed by atoms with E-state index in [2.05, 4.69) is 9.97 Å². The van der Waals surface area contributed by atoms with Gasteiger partial charge in [0.25, 0.3) is 5.56 Å². The van der Waals surface area contributed by atoms with Crippen LogP contribution in [0.1, 0.15) is 11.4 Å². The molecular formula is C12H11ClN2O. The molecule has 1 aromatic heterocycles. The molecule has 0 saturated carbocycles. The average molecular weight is 235 g/mol. The summed E-state index contributed by atoms with van der Waals surface area (Å²) in [6.45, 7) is 3.52. The maximum atomic E-state index is 11.6. The molecule has 0 aliphatic heterocycles. The molecule has 0 aliphatic carbocycles. The lowest BCUT2D eigenvalue weighted by atomic mass is 10.1. The Kier molecular flexibility index (Phi) is 2.79. The third-order valence-corrected chi connectivity index (χ3v) is 2.64. The van der Waals surface area contributed by atoms with Crippen molar-refractivity contribution < 1.29 is 0 Å². The van der Waals surface area contributed by atoms with Crippen LogP contribution in [0.2, 0.25) is 5.02 Å². The Balaban J connectivity index is 2.64. The first-order valence-corrected chi connectivity index (χ1v) is 5.29. The molecule has 0 radical (unpaired) electrons. The molecule has 3 nitrogen and oxygen atoms in total. The lowest BCUT2D eigenvalue weighted by molar-refractivity contribution is 0.999. The molecule has 0 bridgehead atoms. The molecule has 2 rings (SSSR count). The highest BCUT2D eigenvalue weighted by Gasteiger charge is 2.07. The Labute approximate surface area is 98.1 Å². The van der Waals surface area contributed by atoms with Crippen molar-refractivity contribution >= 4 is 11.6 Å². The Morgan fingerprint density at radius 2 is 1.81 bits per heavy atom. The van der Waals surface area contributed by atoms with E-state index in [0.29, 0.717) is 22.1 Å². The van der Waals surface area contributed by atoms with Crippen molar-refractivity contribution in [2.24, 2.45) is 0 Å². The summed E-state index contributed by atoms with van der Waals surface area (Å²) in [6.07, 6.45) is 0. The maximum absolute atomic E-state index is 11.6. The Hall–Kier alpha value is -1.61. The standard InChI is InChI=1S/C12H11ClN2O/c1-7-11(14-8(2)15-12(7)16)9-3-5-10(13)6-4-9/h3-6H,1-2H3,(H,14,15,16). The molecule has 2 aromatic rings. The van der Waals surface area contributed by atoms with Gasteiger partial charge in [0.15, 0.2) is 0 Å². The number of H-pyrrole nitrogens is 1. The molecule has 4 heteroatoms. The summed E-state index contributed by atoms with van der Waals surface area (Å²) in [7, 11) is 0. The van der Waals surface area contributed by atoms with Gasteiger partial charge in [-0.1, -0.05) is 23.7 Å². The van der Waals surface area contributed by atoms with E-state index in [1.165, 1.54) is 0 Å². The van der Waals surface area contributed by atoms with Crippen LogP contribution in [0.4, 0.5) is 0 Å². The minimum absolute atomic E-state index is 0.0996. The van der Waals surface area contributed by atoms with Crippen molar-refractivity contribution in [3.05, 3.63) is 51.0 Å². The van der Waals surface area contributed by atoms with Crippen molar-refractivity contribution in [1.82, 2.24) is 9.97 Å². The molecular weight excluding hydrogens is 224 g/mol. The number of aryl methyl sites for hydroxylation is 1. The van der Waals surface area contributed by atoms with Crippen LogP contribution in [0, 0.1) is 13.8 Å². The van der Waals surface area contributed by atoms with E-state index in [4.69, 9.17) is 11.6 Å². The third kappa shape index (κ3) is 1.99. The summed E-state index contributed by atoms with van der Waals surface area (Å²) in [6, 6.07) is 7.29.